The van der Waals surface area contributed by atoms with Gasteiger partial charge in [-0.1, -0.05) is 36.2 Å². The smallest absolute Gasteiger partial charge is 0.0223 e. The molecule has 2 fully saturated rings. The predicted molar refractivity (Wildman–Crippen MR) is 80.5 cm³/mol. The van der Waals surface area contributed by atoms with Gasteiger partial charge in [0.25, 0.3) is 0 Å². The Morgan fingerprint density at radius 3 is 3.00 bits per heavy atom. The highest BCUT2D eigenvalue weighted by Crippen LogP contribution is 2.21. The van der Waals surface area contributed by atoms with Gasteiger partial charge in [0.2, 0.25) is 0 Å². The lowest BCUT2D eigenvalue weighted by Gasteiger charge is -2.44. The van der Waals surface area contributed by atoms with Gasteiger partial charge in [-0.25, -0.2) is 0 Å². The summed E-state index contributed by atoms with van der Waals surface area (Å²) in [6.45, 7) is 8.61. The van der Waals surface area contributed by atoms with Crippen molar-refractivity contribution in [3.63, 3.8) is 0 Å². The number of hydrogen-bond donors (Lipinski definition) is 0. The lowest BCUT2D eigenvalue weighted by molar-refractivity contribution is 0.0500. The quantitative estimate of drug-likeness (QED) is 0.822. The second-order valence-corrected chi connectivity index (χ2v) is 6.23. The summed E-state index contributed by atoms with van der Waals surface area (Å²) in [5.74, 6) is 0. The van der Waals surface area contributed by atoms with Gasteiger partial charge < -0.3 is 4.90 Å². The maximum Gasteiger partial charge on any atom is 0.0223 e. The van der Waals surface area contributed by atoms with E-state index in [1.54, 1.807) is 0 Å². The first-order valence-electron chi connectivity index (χ1n) is 7.83. The SMILES string of the molecule is Cc1cccc(CCN2CCN3CCCCC3C2)c1. The third-order valence-electron chi connectivity index (χ3n) is 4.72. The Morgan fingerprint density at radius 2 is 2.11 bits per heavy atom. The molecule has 2 heterocycles. The molecule has 1 aromatic rings. The third-order valence-corrected chi connectivity index (χ3v) is 4.72. The molecule has 0 amide bonds. The molecule has 3 rings (SSSR count). The van der Waals surface area contributed by atoms with Crippen LogP contribution in [0.4, 0.5) is 0 Å². The predicted octanol–water partition coefficient (Wildman–Crippen LogP) is 2.71. The molecule has 0 bridgehead atoms. The molecular formula is C17H26N2. The Labute approximate surface area is 117 Å². The van der Waals surface area contributed by atoms with Crippen molar-refractivity contribution in [3.8, 4) is 0 Å². The largest absolute Gasteiger partial charge is 0.300 e. The molecule has 0 N–H and O–H groups in total. The molecule has 2 aliphatic heterocycles. The van der Waals surface area contributed by atoms with Crippen molar-refractivity contribution in [1.29, 1.82) is 0 Å². The van der Waals surface area contributed by atoms with Gasteiger partial charge in [0, 0.05) is 32.2 Å². The lowest BCUT2D eigenvalue weighted by Crippen LogP contribution is -2.55. The molecular weight excluding hydrogens is 232 g/mol. The molecule has 0 spiro atoms. The first kappa shape index (κ1) is 13.1. The summed E-state index contributed by atoms with van der Waals surface area (Å²) in [6, 6.07) is 9.81. The maximum atomic E-state index is 2.71. The molecule has 1 atom stereocenters. The summed E-state index contributed by atoms with van der Waals surface area (Å²) < 4.78 is 0. The first-order valence-corrected chi connectivity index (χ1v) is 7.83. The van der Waals surface area contributed by atoms with Crippen LogP contribution in [0.15, 0.2) is 24.3 Å². The molecule has 19 heavy (non-hydrogen) atoms. The molecule has 0 radical (unpaired) electrons. The fourth-order valence-corrected chi connectivity index (χ4v) is 3.58. The van der Waals surface area contributed by atoms with E-state index in [-0.39, 0.29) is 0 Å². The fourth-order valence-electron chi connectivity index (χ4n) is 3.58. The van der Waals surface area contributed by atoms with E-state index in [1.807, 2.05) is 0 Å². The summed E-state index contributed by atoms with van der Waals surface area (Å²) in [5, 5.41) is 0. The highest BCUT2D eigenvalue weighted by atomic mass is 15.3. The number of piperazine rings is 1. The lowest BCUT2D eigenvalue weighted by atomic mass is 9.99. The maximum absolute atomic E-state index is 2.71. The number of hydrogen-bond acceptors (Lipinski definition) is 2. The summed E-state index contributed by atoms with van der Waals surface area (Å²) in [4.78, 5) is 5.39. The molecule has 2 heteroatoms. The number of rotatable bonds is 3. The van der Waals surface area contributed by atoms with Crippen LogP contribution in [-0.4, -0.2) is 48.6 Å². The minimum absolute atomic E-state index is 0.847. The Kier molecular flexibility index (Phi) is 4.19. The van der Waals surface area contributed by atoms with Gasteiger partial charge in [0.05, 0.1) is 0 Å². The molecule has 1 aromatic carbocycles. The van der Waals surface area contributed by atoms with Crippen LogP contribution in [0.2, 0.25) is 0 Å². The van der Waals surface area contributed by atoms with Gasteiger partial charge in [0.15, 0.2) is 0 Å². The average molecular weight is 258 g/mol. The minimum atomic E-state index is 0.847. The number of fused-ring (bicyclic) bond motifs is 1. The second-order valence-electron chi connectivity index (χ2n) is 6.23. The van der Waals surface area contributed by atoms with Crippen molar-refractivity contribution < 1.29 is 0 Å². The molecule has 2 aliphatic rings. The molecule has 104 valence electrons. The van der Waals surface area contributed by atoms with Crippen molar-refractivity contribution in [1.82, 2.24) is 9.80 Å². The fraction of sp³-hybridized carbons (Fsp3) is 0.647. The van der Waals surface area contributed by atoms with E-state index < -0.39 is 0 Å². The Morgan fingerprint density at radius 1 is 1.16 bits per heavy atom. The van der Waals surface area contributed by atoms with Gasteiger partial charge >= 0.3 is 0 Å². The highest BCUT2D eigenvalue weighted by molar-refractivity contribution is 5.22. The van der Waals surface area contributed by atoms with Crippen LogP contribution in [0.5, 0.6) is 0 Å². The van der Waals surface area contributed by atoms with Crippen LogP contribution >= 0.6 is 0 Å². The molecule has 2 nitrogen and oxygen atoms in total. The van der Waals surface area contributed by atoms with Crippen molar-refractivity contribution >= 4 is 0 Å². The van der Waals surface area contributed by atoms with Gasteiger partial charge in [-0.15, -0.1) is 0 Å². The zero-order chi connectivity index (χ0) is 13.1. The number of aryl methyl sites for hydroxylation is 1. The Balaban J connectivity index is 1.51. The Bertz CT molecular complexity index is 415. The van der Waals surface area contributed by atoms with E-state index in [0.717, 1.165) is 6.04 Å². The summed E-state index contributed by atoms with van der Waals surface area (Å²) in [5.41, 5.74) is 2.88. The molecule has 0 aliphatic carbocycles. The van der Waals surface area contributed by atoms with Crippen molar-refractivity contribution in [2.24, 2.45) is 0 Å². The van der Waals surface area contributed by atoms with Crippen LogP contribution in [0.25, 0.3) is 0 Å². The number of piperidine rings is 1. The van der Waals surface area contributed by atoms with E-state index in [1.165, 1.54) is 69.5 Å². The van der Waals surface area contributed by atoms with Crippen LogP contribution in [0.3, 0.4) is 0 Å². The highest BCUT2D eigenvalue weighted by Gasteiger charge is 2.28. The van der Waals surface area contributed by atoms with Crippen LogP contribution in [0, 0.1) is 6.92 Å². The van der Waals surface area contributed by atoms with E-state index in [9.17, 15) is 0 Å². The van der Waals surface area contributed by atoms with Gasteiger partial charge in [-0.2, -0.15) is 0 Å². The van der Waals surface area contributed by atoms with Crippen LogP contribution in [0.1, 0.15) is 30.4 Å². The van der Waals surface area contributed by atoms with Crippen LogP contribution in [-0.2, 0) is 6.42 Å². The summed E-state index contributed by atoms with van der Waals surface area (Å²) in [6.07, 6.45) is 5.47. The third kappa shape index (κ3) is 3.37. The number of benzene rings is 1. The summed E-state index contributed by atoms with van der Waals surface area (Å²) >= 11 is 0. The van der Waals surface area contributed by atoms with Crippen molar-refractivity contribution in [2.75, 3.05) is 32.7 Å². The van der Waals surface area contributed by atoms with E-state index in [2.05, 4.69) is 41.0 Å². The topological polar surface area (TPSA) is 6.48 Å². The first-order chi connectivity index (χ1) is 9.31. The zero-order valence-corrected chi connectivity index (χ0v) is 12.1. The van der Waals surface area contributed by atoms with Crippen molar-refractivity contribution in [3.05, 3.63) is 35.4 Å². The van der Waals surface area contributed by atoms with E-state index in [0.29, 0.717) is 0 Å². The van der Waals surface area contributed by atoms with E-state index >= 15 is 0 Å². The molecule has 0 saturated carbocycles. The number of nitrogens with zero attached hydrogens (tertiary/aromatic N) is 2. The van der Waals surface area contributed by atoms with Crippen molar-refractivity contribution in [2.45, 2.75) is 38.6 Å². The van der Waals surface area contributed by atoms with E-state index in [4.69, 9.17) is 0 Å². The van der Waals surface area contributed by atoms with Gasteiger partial charge in [0.1, 0.15) is 0 Å². The van der Waals surface area contributed by atoms with Gasteiger partial charge in [-0.3, -0.25) is 4.90 Å². The Hall–Kier alpha value is -0.860. The summed E-state index contributed by atoms with van der Waals surface area (Å²) in [7, 11) is 0. The van der Waals surface area contributed by atoms with Gasteiger partial charge in [-0.05, 0) is 38.3 Å². The second kappa shape index (κ2) is 6.06. The average Bonchev–Trinajstić information content (AvgIpc) is 2.45. The monoisotopic (exact) mass is 258 g/mol. The minimum Gasteiger partial charge on any atom is -0.300 e. The molecule has 1 unspecified atom stereocenters. The zero-order valence-electron chi connectivity index (χ0n) is 12.1. The standard InChI is InChI=1S/C17H26N2/c1-15-5-4-6-16(13-15)8-10-18-11-12-19-9-3-2-7-17(19)14-18/h4-6,13,17H,2-3,7-12,14H2,1H3. The normalized spacial score (nSPS) is 25.2. The molecule has 0 aromatic heterocycles. The van der Waals surface area contributed by atoms with Crippen LogP contribution < -0.4 is 0 Å². The molecule has 2 saturated heterocycles.